The number of nitrogens with zero attached hydrogens (tertiary/aromatic N) is 1. The summed E-state index contributed by atoms with van der Waals surface area (Å²) in [6.07, 6.45) is 0. The van der Waals surface area contributed by atoms with E-state index in [1.54, 1.807) is 0 Å². The Morgan fingerprint density at radius 3 is 2.56 bits per heavy atom. The molecule has 0 aliphatic carbocycles. The lowest BCUT2D eigenvalue weighted by atomic mass is 10.3. The maximum absolute atomic E-state index is 12.1. The van der Waals surface area contributed by atoms with Gasteiger partial charge in [0.25, 0.3) is 5.69 Å². The largest absolute Gasteiger partial charge is 0.497 e. The first-order valence-corrected chi connectivity index (χ1v) is 7.05. The highest BCUT2D eigenvalue weighted by atomic mass is 35.5. The van der Waals surface area contributed by atoms with E-state index in [-0.39, 0.29) is 16.5 Å². The van der Waals surface area contributed by atoms with Gasteiger partial charge in [-0.1, -0.05) is 0 Å². The van der Waals surface area contributed by atoms with E-state index in [0.717, 1.165) is 12.1 Å². The van der Waals surface area contributed by atoms with Crippen LogP contribution in [0.15, 0.2) is 23.1 Å². The Balaban J connectivity index is 3.46. The first kappa shape index (κ1) is 14.7. The van der Waals surface area contributed by atoms with Crippen molar-refractivity contribution >= 4 is 27.1 Å². The highest BCUT2D eigenvalue weighted by molar-refractivity contribution is 7.92. The van der Waals surface area contributed by atoms with Crippen molar-refractivity contribution in [3.63, 3.8) is 0 Å². The van der Waals surface area contributed by atoms with E-state index in [0.29, 0.717) is 0 Å². The summed E-state index contributed by atoms with van der Waals surface area (Å²) in [6.45, 7) is 1.40. The number of nitro benzene ring substituents is 1. The second-order valence-electron chi connectivity index (χ2n) is 3.60. The molecule has 1 aromatic carbocycles. The van der Waals surface area contributed by atoms with Crippen LogP contribution in [0.1, 0.15) is 6.92 Å². The SMILES string of the molecule is COc1ccc(S(=O)(=O)C(C)CCl)c([N+](=O)[O-])c1. The monoisotopic (exact) mass is 293 g/mol. The minimum absolute atomic E-state index is 0.133. The van der Waals surface area contributed by atoms with Crippen LogP contribution in [0.4, 0.5) is 5.69 Å². The summed E-state index contributed by atoms with van der Waals surface area (Å²) >= 11 is 5.50. The molecule has 18 heavy (non-hydrogen) atoms. The van der Waals surface area contributed by atoms with E-state index in [9.17, 15) is 18.5 Å². The number of methoxy groups -OCH3 is 1. The Bertz CT molecular complexity index is 557. The molecule has 0 aliphatic heterocycles. The van der Waals surface area contributed by atoms with Crippen molar-refractivity contribution in [1.29, 1.82) is 0 Å². The van der Waals surface area contributed by atoms with Gasteiger partial charge in [0.1, 0.15) is 10.6 Å². The second kappa shape index (κ2) is 5.53. The van der Waals surface area contributed by atoms with Gasteiger partial charge in [0, 0.05) is 5.88 Å². The molecule has 0 aromatic heterocycles. The lowest BCUT2D eigenvalue weighted by Gasteiger charge is -2.10. The van der Waals surface area contributed by atoms with Crippen molar-refractivity contribution < 1.29 is 18.1 Å². The van der Waals surface area contributed by atoms with E-state index in [1.165, 1.54) is 20.1 Å². The summed E-state index contributed by atoms with van der Waals surface area (Å²) in [5, 5.41) is 10.0. The van der Waals surface area contributed by atoms with Crippen LogP contribution in [0.5, 0.6) is 5.75 Å². The molecule has 6 nitrogen and oxygen atoms in total. The topological polar surface area (TPSA) is 86.5 Å². The fourth-order valence-corrected chi connectivity index (χ4v) is 3.09. The van der Waals surface area contributed by atoms with Crippen LogP contribution in [-0.2, 0) is 9.84 Å². The van der Waals surface area contributed by atoms with Gasteiger partial charge >= 0.3 is 0 Å². The number of hydrogen-bond acceptors (Lipinski definition) is 5. The third-order valence-electron chi connectivity index (χ3n) is 2.42. The number of halogens is 1. The normalized spacial score (nSPS) is 13.1. The Labute approximate surface area is 110 Å². The van der Waals surface area contributed by atoms with Crippen molar-refractivity contribution in [2.24, 2.45) is 0 Å². The zero-order valence-corrected chi connectivity index (χ0v) is 11.4. The molecule has 0 radical (unpaired) electrons. The molecule has 8 heteroatoms. The van der Waals surface area contributed by atoms with Gasteiger partial charge in [-0.25, -0.2) is 8.42 Å². The highest BCUT2D eigenvalue weighted by Gasteiger charge is 2.30. The van der Waals surface area contributed by atoms with Crippen molar-refractivity contribution in [3.8, 4) is 5.75 Å². The van der Waals surface area contributed by atoms with Gasteiger partial charge in [-0.05, 0) is 19.1 Å². The van der Waals surface area contributed by atoms with Gasteiger partial charge < -0.3 is 4.74 Å². The summed E-state index contributed by atoms with van der Waals surface area (Å²) in [6, 6.07) is 3.60. The zero-order valence-electron chi connectivity index (χ0n) is 9.79. The zero-order chi connectivity index (χ0) is 13.9. The fraction of sp³-hybridized carbons (Fsp3) is 0.400. The average molecular weight is 294 g/mol. The van der Waals surface area contributed by atoms with E-state index >= 15 is 0 Å². The standard InChI is InChI=1S/C10H12ClNO5S/c1-7(6-11)18(15,16)10-4-3-8(17-2)5-9(10)12(13)14/h3-5,7H,6H2,1-2H3. The molecule has 0 bridgehead atoms. The molecule has 1 unspecified atom stereocenters. The third-order valence-corrected chi connectivity index (χ3v) is 5.25. The Morgan fingerprint density at radius 1 is 1.50 bits per heavy atom. The molecule has 0 fully saturated rings. The fourth-order valence-electron chi connectivity index (χ4n) is 1.31. The Hall–Kier alpha value is -1.34. The molecule has 1 rings (SSSR count). The molecule has 1 aromatic rings. The lowest BCUT2D eigenvalue weighted by Crippen LogP contribution is -2.20. The first-order chi connectivity index (χ1) is 8.34. The van der Waals surface area contributed by atoms with E-state index in [4.69, 9.17) is 16.3 Å². The van der Waals surface area contributed by atoms with Crippen LogP contribution in [0.3, 0.4) is 0 Å². The number of sulfone groups is 1. The molecule has 0 amide bonds. The average Bonchev–Trinajstić information content (AvgIpc) is 2.36. The van der Waals surface area contributed by atoms with Crippen LogP contribution < -0.4 is 4.74 Å². The van der Waals surface area contributed by atoms with Crippen LogP contribution in [0.2, 0.25) is 0 Å². The minimum Gasteiger partial charge on any atom is -0.497 e. The number of hydrogen-bond donors (Lipinski definition) is 0. The molecule has 0 saturated carbocycles. The molecule has 1 atom stereocenters. The van der Waals surface area contributed by atoms with E-state index in [2.05, 4.69) is 0 Å². The summed E-state index contributed by atoms with van der Waals surface area (Å²) in [5.74, 6) is 0.0880. The van der Waals surface area contributed by atoms with Crippen LogP contribution in [0.25, 0.3) is 0 Å². The van der Waals surface area contributed by atoms with Gasteiger partial charge in [0.15, 0.2) is 9.84 Å². The number of alkyl halides is 1. The smallest absolute Gasteiger partial charge is 0.291 e. The molecular weight excluding hydrogens is 282 g/mol. The highest BCUT2D eigenvalue weighted by Crippen LogP contribution is 2.30. The maximum atomic E-state index is 12.1. The van der Waals surface area contributed by atoms with Gasteiger partial charge in [-0.3, -0.25) is 10.1 Å². The summed E-state index contributed by atoms with van der Waals surface area (Å²) in [4.78, 5) is 9.80. The van der Waals surface area contributed by atoms with Gasteiger partial charge in [-0.15, -0.1) is 11.6 Å². The summed E-state index contributed by atoms with van der Waals surface area (Å²) < 4.78 is 29.0. The molecule has 100 valence electrons. The predicted molar refractivity (Wildman–Crippen MR) is 67.0 cm³/mol. The van der Waals surface area contributed by atoms with Gasteiger partial charge in [0.05, 0.1) is 23.3 Å². The van der Waals surface area contributed by atoms with Crippen molar-refractivity contribution in [1.82, 2.24) is 0 Å². The predicted octanol–water partition coefficient (Wildman–Crippen LogP) is 2.00. The van der Waals surface area contributed by atoms with Crippen molar-refractivity contribution in [3.05, 3.63) is 28.3 Å². The third kappa shape index (κ3) is 2.73. The van der Waals surface area contributed by atoms with Crippen molar-refractivity contribution in [2.75, 3.05) is 13.0 Å². The summed E-state index contributed by atoms with van der Waals surface area (Å²) in [7, 11) is -2.48. The second-order valence-corrected chi connectivity index (χ2v) is 6.24. The summed E-state index contributed by atoms with van der Waals surface area (Å²) in [5.41, 5.74) is -0.508. The quantitative estimate of drug-likeness (QED) is 0.471. The van der Waals surface area contributed by atoms with E-state index < -0.39 is 25.7 Å². The van der Waals surface area contributed by atoms with Crippen LogP contribution in [0, 0.1) is 10.1 Å². The molecule has 0 spiro atoms. The van der Waals surface area contributed by atoms with Crippen LogP contribution >= 0.6 is 11.6 Å². The van der Waals surface area contributed by atoms with Gasteiger partial charge in [-0.2, -0.15) is 0 Å². The number of nitro groups is 1. The number of benzene rings is 1. The number of ether oxygens (including phenoxy) is 1. The number of rotatable bonds is 5. The Morgan fingerprint density at radius 2 is 2.11 bits per heavy atom. The van der Waals surface area contributed by atoms with Crippen LogP contribution in [-0.4, -0.2) is 31.6 Å². The molecule has 0 aliphatic rings. The van der Waals surface area contributed by atoms with E-state index in [1.807, 2.05) is 0 Å². The van der Waals surface area contributed by atoms with Gasteiger partial charge in [0.2, 0.25) is 0 Å². The lowest BCUT2D eigenvalue weighted by molar-refractivity contribution is -0.387. The van der Waals surface area contributed by atoms with Crippen molar-refractivity contribution in [2.45, 2.75) is 17.1 Å². The molecule has 0 saturated heterocycles. The maximum Gasteiger partial charge on any atom is 0.291 e. The molecule has 0 N–H and O–H groups in total. The Kier molecular flexibility index (Phi) is 4.53. The first-order valence-electron chi connectivity index (χ1n) is 4.97. The molecular formula is C10H12ClNO5S. The molecule has 0 heterocycles. The minimum atomic E-state index is -3.82.